The Balaban J connectivity index is 1.57. The van der Waals surface area contributed by atoms with Crippen molar-refractivity contribution in [3.63, 3.8) is 0 Å². The van der Waals surface area contributed by atoms with Crippen molar-refractivity contribution in [2.75, 3.05) is 13.6 Å². The predicted octanol–water partition coefficient (Wildman–Crippen LogP) is 4.97. The first-order valence-electron chi connectivity index (χ1n) is 11.6. The van der Waals surface area contributed by atoms with Crippen molar-refractivity contribution in [3.8, 4) is 0 Å². The molecule has 0 aliphatic rings. The van der Waals surface area contributed by atoms with Crippen molar-refractivity contribution >= 4 is 34.9 Å². The molecule has 190 valence electrons. The van der Waals surface area contributed by atoms with E-state index in [0.717, 1.165) is 0 Å². The minimum absolute atomic E-state index is 0.0153. The lowest BCUT2D eigenvalue weighted by molar-refractivity contribution is -0.135. The van der Waals surface area contributed by atoms with Gasteiger partial charge in [-0.05, 0) is 30.7 Å². The molecule has 0 aliphatic heterocycles. The molecular formula is C28H26Cl2N4O3. The highest BCUT2D eigenvalue weighted by atomic mass is 35.5. The Morgan fingerprint density at radius 1 is 1.03 bits per heavy atom. The van der Waals surface area contributed by atoms with E-state index >= 15 is 0 Å². The fourth-order valence-electron chi connectivity index (χ4n) is 4.32. The smallest absolute Gasteiger partial charge is 0.229 e. The van der Waals surface area contributed by atoms with Crippen LogP contribution in [0, 0.1) is 0 Å². The third-order valence-corrected chi connectivity index (χ3v) is 6.80. The molecule has 0 saturated carbocycles. The normalized spacial score (nSPS) is 13.5. The summed E-state index contributed by atoms with van der Waals surface area (Å²) in [5, 5.41) is 16.6. The third kappa shape index (κ3) is 6.07. The van der Waals surface area contributed by atoms with Crippen molar-refractivity contribution in [3.05, 3.63) is 118 Å². The molecule has 0 spiro atoms. The largest absolute Gasteiger partial charge is 0.381 e. The number of aliphatic hydroxyl groups is 1. The lowest BCUT2D eigenvalue weighted by atomic mass is 9.91. The summed E-state index contributed by atoms with van der Waals surface area (Å²) >= 11 is 12.5. The van der Waals surface area contributed by atoms with Gasteiger partial charge in [-0.1, -0.05) is 77.8 Å². The van der Waals surface area contributed by atoms with Gasteiger partial charge in [-0.3, -0.25) is 9.59 Å². The average molecular weight is 537 g/mol. The molecule has 0 fully saturated rings. The molecule has 1 heterocycles. The molecule has 0 saturated heterocycles. The highest BCUT2D eigenvalue weighted by Crippen LogP contribution is 2.33. The van der Waals surface area contributed by atoms with Crippen LogP contribution in [0.3, 0.4) is 0 Å². The van der Waals surface area contributed by atoms with Crippen molar-refractivity contribution in [2.45, 2.75) is 25.0 Å². The van der Waals surface area contributed by atoms with Crippen LogP contribution >= 0.6 is 23.2 Å². The third-order valence-electron chi connectivity index (χ3n) is 6.25. The highest BCUT2D eigenvalue weighted by Gasteiger charge is 2.36. The number of ketones is 1. The van der Waals surface area contributed by atoms with Crippen LogP contribution < -0.4 is 0 Å². The number of halogens is 2. The number of benzene rings is 3. The Bertz CT molecular complexity index is 1400. The second kappa shape index (κ2) is 11.3. The maximum atomic E-state index is 13.5. The number of nitrogens with zero attached hydrogens (tertiary/aromatic N) is 4. The molecule has 1 amide bonds. The summed E-state index contributed by atoms with van der Waals surface area (Å²) in [6.45, 7) is 1.72. The van der Waals surface area contributed by atoms with Crippen LogP contribution in [0.1, 0.15) is 39.9 Å². The number of amides is 1. The zero-order valence-corrected chi connectivity index (χ0v) is 21.9. The number of likely N-dealkylation sites (N-methyl/N-ethyl adjacent to an activating group) is 1. The van der Waals surface area contributed by atoms with Gasteiger partial charge in [-0.25, -0.2) is 9.67 Å². The van der Waals surface area contributed by atoms with E-state index in [0.29, 0.717) is 27.3 Å². The van der Waals surface area contributed by atoms with Crippen LogP contribution in [0.25, 0.3) is 0 Å². The molecule has 4 rings (SSSR count). The van der Waals surface area contributed by atoms with E-state index in [4.69, 9.17) is 23.2 Å². The Hall–Kier alpha value is -3.52. The van der Waals surface area contributed by atoms with Crippen LogP contribution in [-0.4, -0.2) is 50.1 Å². The number of rotatable bonds is 9. The monoisotopic (exact) mass is 536 g/mol. The zero-order valence-electron chi connectivity index (χ0n) is 20.4. The molecule has 0 radical (unpaired) electrons. The second-order valence-corrected chi connectivity index (χ2v) is 9.83. The van der Waals surface area contributed by atoms with Crippen LogP contribution in [0.15, 0.2) is 85.5 Å². The van der Waals surface area contributed by atoms with E-state index < -0.39 is 11.5 Å². The van der Waals surface area contributed by atoms with Gasteiger partial charge in [-0.2, -0.15) is 5.10 Å². The van der Waals surface area contributed by atoms with Gasteiger partial charge in [0.2, 0.25) is 5.91 Å². The van der Waals surface area contributed by atoms with Gasteiger partial charge in [0.1, 0.15) is 18.3 Å². The summed E-state index contributed by atoms with van der Waals surface area (Å²) in [5.41, 5.74) is 0.611. The van der Waals surface area contributed by atoms with E-state index in [-0.39, 0.29) is 29.8 Å². The topological polar surface area (TPSA) is 88.3 Å². The Kier molecular flexibility index (Phi) is 8.07. The minimum atomic E-state index is -1.58. The van der Waals surface area contributed by atoms with Crippen LogP contribution in [0.5, 0.6) is 0 Å². The molecule has 4 aromatic rings. The van der Waals surface area contributed by atoms with Crippen molar-refractivity contribution in [1.29, 1.82) is 0 Å². The number of hydrogen-bond acceptors (Lipinski definition) is 5. The number of carbonyl (C=O) groups is 2. The quantitative estimate of drug-likeness (QED) is 0.305. The minimum Gasteiger partial charge on any atom is -0.381 e. The van der Waals surface area contributed by atoms with Gasteiger partial charge in [-0.15, -0.1) is 0 Å². The number of aromatic nitrogens is 3. The van der Waals surface area contributed by atoms with Crippen molar-refractivity contribution in [2.24, 2.45) is 0 Å². The first-order chi connectivity index (χ1) is 17.7. The van der Waals surface area contributed by atoms with Crippen molar-refractivity contribution in [1.82, 2.24) is 19.7 Å². The van der Waals surface area contributed by atoms with E-state index in [1.807, 2.05) is 24.3 Å². The summed E-state index contributed by atoms with van der Waals surface area (Å²) in [6.07, 6.45) is 2.85. The van der Waals surface area contributed by atoms with Crippen LogP contribution in [-0.2, 0) is 16.9 Å². The van der Waals surface area contributed by atoms with Gasteiger partial charge in [0.05, 0.1) is 19.0 Å². The Morgan fingerprint density at radius 2 is 1.76 bits per heavy atom. The fourth-order valence-corrected chi connectivity index (χ4v) is 4.90. The van der Waals surface area contributed by atoms with Gasteiger partial charge in [0.25, 0.3) is 0 Å². The molecular weight excluding hydrogens is 511 g/mol. The molecule has 9 heteroatoms. The fraction of sp³-hybridized carbons (Fsp3) is 0.214. The standard InChI is InChI=1S/C28H26Cl2N4O3/c1-19(21-9-6-10-22(13-21)26(35)20-7-4-3-5-8-20)27(36)33(2)15-28(37,16-34-18-31-17-32-34)24-12-11-23(29)14-25(24)30/h3-14,17-19,37H,15-16H2,1-2H3/t19-,28+/m0/s1. The maximum Gasteiger partial charge on any atom is 0.229 e. The lowest BCUT2D eigenvalue weighted by Crippen LogP contribution is -2.46. The Labute approximate surface area is 225 Å². The molecule has 37 heavy (non-hydrogen) atoms. The van der Waals surface area contributed by atoms with Crippen LogP contribution in [0.4, 0.5) is 0 Å². The summed E-state index contributed by atoms with van der Waals surface area (Å²) < 4.78 is 1.48. The lowest BCUT2D eigenvalue weighted by Gasteiger charge is -2.34. The molecule has 0 unspecified atom stereocenters. The summed E-state index contributed by atoms with van der Waals surface area (Å²) in [7, 11) is 1.62. The van der Waals surface area contributed by atoms with Gasteiger partial charge in [0.15, 0.2) is 5.78 Å². The predicted molar refractivity (Wildman–Crippen MR) is 143 cm³/mol. The summed E-state index contributed by atoms with van der Waals surface area (Å²) in [4.78, 5) is 31.8. The maximum absolute atomic E-state index is 13.5. The molecule has 3 aromatic carbocycles. The first-order valence-corrected chi connectivity index (χ1v) is 12.4. The molecule has 2 atom stereocenters. The summed E-state index contributed by atoms with van der Waals surface area (Å²) in [5.74, 6) is -0.911. The van der Waals surface area contributed by atoms with E-state index in [1.165, 1.54) is 22.2 Å². The second-order valence-electron chi connectivity index (χ2n) is 8.99. The Morgan fingerprint density at radius 3 is 2.43 bits per heavy atom. The average Bonchev–Trinajstić information content (AvgIpc) is 3.40. The molecule has 0 bridgehead atoms. The molecule has 7 nitrogen and oxygen atoms in total. The van der Waals surface area contributed by atoms with Gasteiger partial charge >= 0.3 is 0 Å². The van der Waals surface area contributed by atoms with E-state index in [2.05, 4.69) is 10.1 Å². The highest BCUT2D eigenvalue weighted by molar-refractivity contribution is 6.35. The van der Waals surface area contributed by atoms with Crippen molar-refractivity contribution < 1.29 is 14.7 Å². The molecule has 1 aromatic heterocycles. The zero-order chi connectivity index (χ0) is 26.6. The van der Waals surface area contributed by atoms with Gasteiger partial charge in [0, 0.05) is 33.8 Å². The molecule has 0 aliphatic carbocycles. The van der Waals surface area contributed by atoms with Crippen LogP contribution in [0.2, 0.25) is 10.0 Å². The van der Waals surface area contributed by atoms with E-state index in [1.54, 1.807) is 62.5 Å². The first kappa shape index (κ1) is 26.5. The number of carbonyl (C=O) groups excluding carboxylic acids is 2. The molecule has 1 N–H and O–H groups in total. The summed E-state index contributed by atoms with van der Waals surface area (Å²) in [6, 6.07) is 20.9. The number of hydrogen-bond donors (Lipinski definition) is 1. The SMILES string of the molecule is C[C@H](C(=O)N(C)C[C@@](O)(Cn1cncn1)c1ccc(Cl)cc1Cl)c1cccc(C(=O)c2ccccc2)c1. The van der Waals surface area contributed by atoms with Gasteiger partial charge < -0.3 is 10.0 Å². The van der Waals surface area contributed by atoms with E-state index in [9.17, 15) is 14.7 Å².